The van der Waals surface area contributed by atoms with Crippen LogP contribution in [0.5, 0.6) is 0 Å². The molecule has 66 valence electrons. The van der Waals surface area contributed by atoms with E-state index in [2.05, 4.69) is 0 Å². The molecular weight excluding hydrogens is 188 g/mol. The molecule has 0 heterocycles. The Morgan fingerprint density at radius 1 is 1.33 bits per heavy atom. The summed E-state index contributed by atoms with van der Waals surface area (Å²) in [6, 6.07) is 7.85. The molecule has 0 aliphatic rings. The average molecular weight is 200 g/mol. The second-order valence-electron chi connectivity index (χ2n) is 2.57. The fraction of sp³-hybridized carbons (Fsp3) is 0.333. The molecule has 0 spiro atoms. The largest absolute Gasteiger partial charge is 0.253 e. The van der Waals surface area contributed by atoms with E-state index in [9.17, 15) is 4.21 Å². The lowest BCUT2D eigenvalue weighted by Gasteiger charge is -1.99. The van der Waals surface area contributed by atoms with Crippen molar-refractivity contribution in [2.24, 2.45) is 0 Å². The van der Waals surface area contributed by atoms with Crippen molar-refractivity contribution in [3.05, 3.63) is 29.8 Å². The first-order chi connectivity index (χ1) is 5.74. The molecule has 0 aliphatic heterocycles. The maximum Gasteiger partial charge on any atom is 0.0736 e. The molecule has 0 N–H and O–H groups in total. The molecule has 0 radical (unpaired) electrons. The quantitative estimate of drug-likeness (QED) is 0.745. The third-order valence-electron chi connectivity index (χ3n) is 1.51. The summed E-state index contributed by atoms with van der Waals surface area (Å²) < 4.78 is 11.4. The predicted molar refractivity (Wildman–Crippen MR) is 56.0 cm³/mol. The van der Waals surface area contributed by atoms with Crippen molar-refractivity contribution in [2.75, 3.05) is 11.3 Å². The highest BCUT2D eigenvalue weighted by Crippen LogP contribution is 2.11. The summed E-state index contributed by atoms with van der Waals surface area (Å²) >= 11 is 1.61. The van der Waals surface area contributed by atoms with Gasteiger partial charge in [0.25, 0.3) is 0 Å². The van der Waals surface area contributed by atoms with Gasteiger partial charge in [-0.05, 0) is 25.3 Å². The van der Waals surface area contributed by atoms with E-state index in [1.807, 2.05) is 37.4 Å². The summed E-state index contributed by atoms with van der Waals surface area (Å²) in [6.45, 7) is 2.03. The van der Waals surface area contributed by atoms with Crippen LogP contribution in [-0.4, -0.2) is 15.5 Å². The van der Waals surface area contributed by atoms with Crippen LogP contribution in [0.4, 0.5) is 0 Å². The summed E-state index contributed by atoms with van der Waals surface area (Å²) in [5, 5.41) is 0.684. The first kappa shape index (κ1) is 9.81. The zero-order valence-electron chi connectivity index (χ0n) is 7.24. The van der Waals surface area contributed by atoms with Crippen molar-refractivity contribution in [1.29, 1.82) is 0 Å². The van der Waals surface area contributed by atoms with E-state index >= 15 is 0 Å². The Labute approximate surface area is 80.0 Å². The van der Waals surface area contributed by atoms with Crippen molar-refractivity contribution >= 4 is 22.6 Å². The summed E-state index contributed by atoms with van der Waals surface area (Å²) in [5.41, 5.74) is 1.21. The molecule has 0 aliphatic carbocycles. The topological polar surface area (TPSA) is 17.1 Å². The highest BCUT2D eigenvalue weighted by molar-refractivity contribution is 8.09. The van der Waals surface area contributed by atoms with Crippen molar-refractivity contribution in [3.63, 3.8) is 0 Å². The third kappa shape index (κ3) is 2.64. The minimum Gasteiger partial charge on any atom is -0.253 e. The molecule has 0 bridgehead atoms. The molecule has 1 rings (SSSR count). The van der Waals surface area contributed by atoms with E-state index < -0.39 is 10.8 Å². The number of benzene rings is 1. The Hall–Kier alpha value is -0.280. The smallest absolute Gasteiger partial charge is 0.0736 e. The minimum absolute atomic E-state index is 0.684. The van der Waals surface area contributed by atoms with E-state index in [1.165, 1.54) is 5.56 Å². The van der Waals surface area contributed by atoms with E-state index in [0.717, 1.165) is 4.90 Å². The summed E-state index contributed by atoms with van der Waals surface area (Å²) in [4.78, 5) is 0.926. The SMILES string of the molecule is CSCS(=O)c1ccc(C)cc1. The lowest BCUT2D eigenvalue weighted by molar-refractivity contribution is 0.686. The summed E-state index contributed by atoms with van der Waals surface area (Å²) in [7, 11) is -0.829. The number of aryl methyl sites for hydroxylation is 1. The highest BCUT2D eigenvalue weighted by Gasteiger charge is 2.00. The monoisotopic (exact) mass is 200 g/mol. The minimum atomic E-state index is -0.829. The molecular formula is C9H12OS2. The van der Waals surface area contributed by atoms with Gasteiger partial charge in [-0.2, -0.15) is 11.8 Å². The van der Waals surface area contributed by atoms with E-state index in [-0.39, 0.29) is 0 Å². The fourth-order valence-electron chi connectivity index (χ4n) is 0.865. The molecule has 1 atom stereocenters. The van der Waals surface area contributed by atoms with Crippen LogP contribution in [0.25, 0.3) is 0 Å². The Bertz CT molecular complexity index is 266. The Morgan fingerprint density at radius 3 is 2.42 bits per heavy atom. The molecule has 0 saturated carbocycles. The van der Waals surface area contributed by atoms with Crippen LogP contribution in [0.3, 0.4) is 0 Å². The van der Waals surface area contributed by atoms with E-state index in [0.29, 0.717) is 5.08 Å². The van der Waals surface area contributed by atoms with Gasteiger partial charge < -0.3 is 0 Å². The molecule has 1 aromatic carbocycles. The maximum absolute atomic E-state index is 11.4. The predicted octanol–water partition coefficient (Wildman–Crippen LogP) is 2.42. The van der Waals surface area contributed by atoms with E-state index in [4.69, 9.17) is 0 Å². The number of rotatable bonds is 3. The van der Waals surface area contributed by atoms with Crippen LogP contribution in [0.1, 0.15) is 5.56 Å². The van der Waals surface area contributed by atoms with Crippen LogP contribution < -0.4 is 0 Å². The van der Waals surface area contributed by atoms with Gasteiger partial charge in [0.2, 0.25) is 0 Å². The molecule has 12 heavy (non-hydrogen) atoms. The van der Waals surface area contributed by atoms with Crippen LogP contribution in [0.2, 0.25) is 0 Å². The van der Waals surface area contributed by atoms with Crippen LogP contribution in [0, 0.1) is 6.92 Å². The number of thioether (sulfide) groups is 1. The molecule has 3 heteroatoms. The van der Waals surface area contributed by atoms with Gasteiger partial charge in [0.05, 0.1) is 15.9 Å². The first-order valence-corrected chi connectivity index (χ1v) is 6.39. The zero-order chi connectivity index (χ0) is 8.97. The molecule has 0 saturated heterocycles. The highest BCUT2D eigenvalue weighted by atomic mass is 32.2. The summed E-state index contributed by atoms with van der Waals surface area (Å²) in [5.74, 6) is 0. The van der Waals surface area contributed by atoms with Crippen molar-refractivity contribution in [2.45, 2.75) is 11.8 Å². The molecule has 0 fully saturated rings. The van der Waals surface area contributed by atoms with Gasteiger partial charge in [-0.1, -0.05) is 17.7 Å². The second-order valence-corrected chi connectivity index (χ2v) is 5.25. The van der Waals surface area contributed by atoms with Gasteiger partial charge in [0.15, 0.2) is 0 Å². The zero-order valence-corrected chi connectivity index (χ0v) is 8.87. The molecule has 0 aromatic heterocycles. The average Bonchev–Trinajstić information content (AvgIpc) is 2.06. The lowest BCUT2D eigenvalue weighted by Crippen LogP contribution is -1.93. The lowest BCUT2D eigenvalue weighted by atomic mass is 10.2. The number of hydrogen-bond acceptors (Lipinski definition) is 2. The standard InChI is InChI=1S/C9H12OS2/c1-8-3-5-9(6-4-8)12(10)7-11-2/h3-6H,7H2,1-2H3. The third-order valence-corrected chi connectivity index (χ3v) is 4.11. The summed E-state index contributed by atoms with van der Waals surface area (Å²) in [6.07, 6.45) is 1.96. The van der Waals surface area contributed by atoms with Crippen molar-refractivity contribution in [3.8, 4) is 0 Å². The second kappa shape index (κ2) is 4.67. The van der Waals surface area contributed by atoms with Gasteiger partial charge in [-0.15, -0.1) is 0 Å². The van der Waals surface area contributed by atoms with Gasteiger partial charge in [-0.25, -0.2) is 0 Å². The van der Waals surface area contributed by atoms with Gasteiger partial charge >= 0.3 is 0 Å². The van der Waals surface area contributed by atoms with Crippen LogP contribution >= 0.6 is 11.8 Å². The van der Waals surface area contributed by atoms with Gasteiger partial charge in [-0.3, -0.25) is 4.21 Å². The van der Waals surface area contributed by atoms with Gasteiger partial charge in [0.1, 0.15) is 0 Å². The first-order valence-electron chi connectivity index (χ1n) is 3.68. The van der Waals surface area contributed by atoms with Crippen LogP contribution in [0.15, 0.2) is 29.2 Å². The van der Waals surface area contributed by atoms with Crippen molar-refractivity contribution in [1.82, 2.24) is 0 Å². The number of hydrogen-bond donors (Lipinski definition) is 0. The molecule has 1 aromatic rings. The van der Waals surface area contributed by atoms with Gasteiger partial charge in [0, 0.05) is 4.90 Å². The Morgan fingerprint density at radius 2 is 1.92 bits per heavy atom. The maximum atomic E-state index is 11.4. The van der Waals surface area contributed by atoms with Crippen LogP contribution in [-0.2, 0) is 10.8 Å². The molecule has 1 unspecified atom stereocenters. The Kier molecular flexibility index (Phi) is 3.82. The normalized spacial score (nSPS) is 12.8. The molecule has 1 nitrogen and oxygen atoms in total. The Balaban J connectivity index is 2.75. The van der Waals surface area contributed by atoms with Crippen molar-refractivity contribution < 1.29 is 4.21 Å². The molecule has 0 amide bonds. The fourth-order valence-corrected chi connectivity index (χ4v) is 2.71. The van der Waals surface area contributed by atoms with E-state index in [1.54, 1.807) is 11.8 Å².